The lowest BCUT2D eigenvalue weighted by Crippen LogP contribution is -2.45. The Morgan fingerprint density at radius 3 is 2.79 bits per heavy atom. The molecule has 0 aromatic carbocycles. The SMILES string of the molecule is O=C(Nc1nccs1)C1CCCN(C(=O)CCN2C(=O)NC3(CCCC3)C2=O)C1. The molecule has 1 unspecified atom stereocenters. The number of hydrogen-bond acceptors (Lipinski definition) is 6. The number of nitrogens with one attached hydrogen (secondary N) is 2. The van der Waals surface area contributed by atoms with Gasteiger partial charge in [0.1, 0.15) is 5.54 Å². The van der Waals surface area contributed by atoms with Crippen molar-refractivity contribution in [1.29, 1.82) is 0 Å². The number of piperidine rings is 1. The van der Waals surface area contributed by atoms with Gasteiger partial charge < -0.3 is 15.5 Å². The fraction of sp³-hybridized carbons (Fsp3) is 0.632. The summed E-state index contributed by atoms with van der Waals surface area (Å²) >= 11 is 1.35. The maximum atomic E-state index is 12.7. The van der Waals surface area contributed by atoms with Gasteiger partial charge in [0.05, 0.1) is 5.92 Å². The number of urea groups is 1. The van der Waals surface area contributed by atoms with Gasteiger partial charge in [-0.1, -0.05) is 12.8 Å². The summed E-state index contributed by atoms with van der Waals surface area (Å²) in [5.74, 6) is -0.748. The molecule has 1 saturated carbocycles. The molecule has 9 nitrogen and oxygen atoms in total. The molecule has 1 aromatic heterocycles. The largest absolute Gasteiger partial charge is 0.342 e. The Balaban J connectivity index is 1.30. The highest BCUT2D eigenvalue weighted by atomic mass is 32.1. The van der Waals surface area contributed by atoms with Gasteiger partial charge in [-0.2, -0.15) is 0 Å². The van der Waals surface area contributed by atoms with E-state index in [1.54, 1.807) is 16.5 Å². The smallest absolute Gasteiger partial charge is 0.325 e. The molecule has 2 saturated heterocycles. The van der Waals surface area contributed by atoms with Crippen LogP contribution in [0.1, 0.15) is 44.9 Å². The van der Waals surface area contributed by atoms with Crippen molar-refractivity contribution in [3.05, 3.63) is 11.6 Å². The van der Waals surface area contributed by atoms with Crippen LogP contribution >= 0.6 is 11.3 Å². The molecular weight excluding hydrogens is 394 g/mol. The fourth-order valence-corrected chi connectivity index (χ4v) is 5.00. The molecule has 0 bridgehead atoms. The Bertz CT molecular complexity index is 806. The molecule has 1 aliphatic carbocycles. The van der Waals surface area contributed by atoms with Gasteiger partial charge in [0.15, 0.2) is 5.13 Å². The Morgan fingerprint density at radius 1 is 1.28 bits per heavy atom. The molecule has 1 aromatic rings. The van der Waals surface area contributed by atoms with Gasteiger partial charge in [0.25, 0.3) is 5.91 Å². The van der Waals surface area contributed by atoms with Crippen LogP contribution < -0.4 is 10.6 Å². The first kappa shape index (κ1) is 19.8. The van der Waals surface area contributed by atoms with Crippen LogP contribution in [0.5, 0.6) is 0 Å². The summed E-state index contributed by atoms with van der Waals surface area (Å²) < 4.78 is 0. The van der Waals surface area contributed by atoms with Crippen molar-refractivity contribution in [2.45, 2.75) is 50.5 Å². The van der Waals surface area contributed by atoms with Gasteiger partial charge in [0.2, 0.25) is 11.8 Å². The van der Waals surface area contributed by atoms with Crippen LogP contribution in [0.4, 0.5) is 9.93 Å². The predicted octanol–water partition coefficient (Wildman–Crippen LogP) is 1.57. The average Bonchev–Trinajstić information content (AvgIpc) is 3.44. The van der Waals surface area contributed by atoms with E-state index < -0.39 is 11.6 Å². The molecule has 3 fully saturated rings. The summed E-state index contributed by atoms with van der Waals surface area (Å²) in [4.78, 5) is 56.9. The molecule has 10 heteroatoms. The van der Waals surface area contributed by atoms with Crippen molar-refractivity contribution >= 4 is 40.2 Å². The summed E-state index contributed by atoms with van der Waals surface area (Å²) in [6.07, 6.45) is 6.37. The van der Waals surface area contributed by atoms with E-state index in [0.717, 1.165) is 25.7 Å². The maximum Gasteiger partial charge on any atom is 0.325 e. The fourth-order valence-electron chi connectivity index (χ4n) is 4.47. The van der Waals surface area contributed by atoms with Gasteiger partial charge in [-0.25, -0.2) is 9.78 Å². The number of carbonyl (C=O) groups excluding carboxylic acids is 4. The predicted molar refractivity (Wildman–Crippen MR) is 106 cm³/mol. The zero-order valence-electron chi connectivity index (χ0n) is 16.2. The highest BCUT2D eigenvalue weighted by Crippen LogP contribution is 2.35. The average molecular weight is 420 g/mol. The van der Waals surface area contributed by atoms with Crippen LogP contribution in [0, 0.1) is 5.92 Å². The van der Waals surface area contributed by atoms with Crippen LogP contribution in [-0.2, 0) is 14.4 Å². The molecule has 2 N–H and O–H groups in total. The molecule has 1 atom stereocenters. The van der Waals surface area contributed by atoms with Crippen LogP contribution in [0.25, 0.3) is 0 Å². The molecule has 3 aliphatic rings. The highest BCUT2D eigenvalue weighted by molar-refractivity contribution is 7.13. The number of hydrogen-bond donors (Lipinski definition) is 2. The van der Waals surface area contributed by atoms with Crippen molar-refractivity contribution in [3.8, 4) is 0 Å². The molecule has 5 amide bonds. The third-order valence-corrected chi connectivity index (χ3v) is 6.75. The number of rotatable bonds is 5. The summed E-state index contributed by atoms with van der Waals surface area (Å²) in [6, 6.07) is -0.399. The molecule has 156 valence electrons. The first-order chi connectivity index (χ1) is 14.0. The summed E-state index contributed by atoms with van der Waals surface area (Å²) in [5.41, 5.74) is -0.746. The quantitative estimate of drug-likeness (QED) is 0.704. The minimum Gasteiger partial charge on any atom is -0.342 e. The van der Waals surface area contributed by atoms with E-state index in [1.807, 2.05) is 0 Å². The number of nitrogens with zero attached hydrogens (tertiary/aromatic N) is 3. The van der Waals surface area contributed by atoms with Crippen molar-refractivity contribution in [3.63, 3.8) is 0 Å². The van der Waals surface area contributed by atoms with Crippen LogP contribution in [0.2, 0.25) is 0 Å². The topological polar surface area (TPSA) is 112 Å². The Kier molecular flexibility index (Phi) is 5.53. The van der Waals surface area contributed by atoms with Crippen LogP contribution in [0.15, 0.2) is 11.6 Å². The first-order valence-electron chi connectivity index (χ1n) is 10.1. The van der Waals surface area contributed by atoms with Gasteiger partial charge >= 0.3 is 6.03 Å². The van der Waals surface area contributed by atoms with Crippen molar-refractivity contribution in [1.82, 2.24) is 20.1 Å². The van der Waals surface area contributed by atoms with E-state index in [-0.39, 0.29) is 36.6 Å². The van der Waals surface area contributed by atoms with Crippen LogP contribution in [-0.4, -0.2) is 63.7 Å². The molecule has 3 heterocycles. The number of thiazole rings is 1. The molecule has 29 heavy (non-hydrogen) atoms. The Labute approximate surface area is 172 Å². The third-order valence-electron chi connectivity index (χ3n) is 6.06. The third kappa shape index (κ3) is 3.98. The van der Waals surface area contributed by atoms with Crippen LogP contribution in [0.3, 0.4) is 0 Å². The van der Waals surface area contributed by atoms with E-state index in [9.17, 15) is 19.2 Å². The maximum absolute atomic E-state index is 12.7. The highest BCUT2D eigenvalue weighted by Gasteiger charge is 2.52. The molecule has 2 aliphatic heterocycles. The van der Waals surface area contributed by atoms with Crippen molar-refractivity contribution in [2.75, 3.05) is 25.0 Å². The van der Waals surface area contributed by atoms with E-state index in [0.29, 0.717) is 31.1 Å². The molecule has 4 rings (SSSR count). The second-order valence-electron chi connectivity index (χ2n) is 7.93. The summed E-state index contributed by atoms with van der Waals surface area (Å²) in [5, 5.41) is 7.96. The minimum atomic E-state index is -0.746. The van der Waals surface area contributed by atoms with Crippen molar-refractivity contribution < 1.29 is 19.2 Å². The number of anilines is 1. The number of imide groups is 1. The lowest BCUT2D eigenvalue weighted by atomic mass is 9.97. The second kappa shape index (κ2) is 8.10. The standard InChI is InChI=1S/C19H25N5O4S/c25-14(5-10-24-16(27)19(22-18(24)28)6-1-2-7-19)23-9-3-4-13(12-23)15(26)21-17-20-8-11-29-17/h8,11,13H,1-7,9-10,12H2,(H,22,28)(H,20,21,26). The monoisotopic (exact) mass is 419 g/mol. The zero-order chi connectivity index (χ0) is 20.4. The van der Waals surface area contributed by atoms with E-state index in [1.165, 1.54) is 16.2 Å². The van der Waals surface area contributed by atoms with Gasteiger partial charge in [-0.3, -0.25) is 19.3 Å². The minimum absolute atomic E-state index is 0.0794. The Hall–Kier alpha value is -2.49. The molecule has 0 radical (unpaired) electrons. The summed E-state index contributed by atoms with van der Waals surface area (Å²) in [6.45, 7) is 1.02. The second-order valence-corrected chi connectivity index (χ2v) is 8.83. The number of amides is 5. The normalized spacial score (nSPS) is 23.5. The van der Waals surface area contributed by atoms with Gasteiger partial charge in [-0.05, 0) is 25.7 Å². The van der Waals surface area contributed by atoms with E-state index in [4.69, 9.17) is 0 Å². The number of likely N-dealkylation sites (tertiary alicyclic amines) is 1. The van der Waals surface area contributed by atoms with Gasteiger partial charge in [0, 0.05) is 37.6 Å². The number of aromatic nitrogens is 1. The lowest BCUT2D eigenvalue weighted by molar-refractivity contribution is -0.135. The number of carbonyl (C=O) groups is 4. The van der Waals surface area contributed by atoms with E-state index in [2.05, 4.69) is 15.6 Å². The van der Waals surface area contributed by atoms with Crippen molar-refractivity contribution in [2.24, 2.45) is 5.92 Å². The zero-order valence-corrected chi connectivity index (χ0v) is 17.0. The summed E-state index contributed by atoms with van der Waals surface area (Å²) in [7, 11) is 0. The van der Waals surface area contributed by atoms with E-state index >= 15 is 0 Å². The first-order valence-corrected chi connectivity index (χ1v) is 11.0. The lowest BCUT2D eigenvalue weighted by Gasteiger charge is -2.32. The van der Waals surface area contributed by atoms with Gasteiger partial charge in [-0.15, -0.1) is 11.3 Å². The molecule has 1 spiro atoms. The Morgan fingerprint density at radius 2 is 2.07 bits per heavy atom. The molecular formula is C19H25N5O4S.